The summed E-state index contributed by atoms with van der Waals surface area (Å²) in [5, 5.41) is 14.3. The summed E-state index contributed by atoms with van der Waals surface area (Å²) in [4.78, 5) is 33.3. The van der Waals surface area contributed by atoms with E-state index in [1.807, 2.05) is 50.2 Å². The molecule has 1 atom stereocenters. The van der Waals surface area contributed by atoms with Gasteiger partial charge in [0, 0.05) is 18.6 Å². The zero-order valence-electron chi connectivity index (χ0n) is 19.9. The molecule has 4 aromatic rings. The van der Waals surface area contributed by atoms with Crippen LogP contribution in [0.1, 0.15) is 40.1 Å². The maximum Gasteiger partial charge on any atom is 0.272 e. The highest BCUT2D eigenvalue weighted by atomic mass is 35.5. The molecule has 0 bridgehead atoms. The molecule has 10 nitrogen and oxygen atoms in total. The topological polar surface area (TPSA) is 123 Å². The average Bonchev–Trinajstić information content (AvgIpc) is 3.19. The number of nitrogens with one attached hydrogen (secondary N) is 3. The molecule has 0 radical (unpaired) electrons. The third kappa shape index (κ3) is 4.55. The van der Waals surface area contributed by atoms with Crippen LogP contribution in [0.25, 0.3) is 11.0 Å². The van der Waals surface area contributed by atoms with Gasteiger partial charge in [-0.1, -0.05) is 29.8 Å². The van der Waals surface area contributed by atoms with Crippen molar-refractivity contribution < 1.29 is 14.3 Å². The molecule has 36 heavy (non-hydrogen) atoms. The second-order valence-corrected chi connectivity index (χ2v) is 9.02. The number of aromatic nitrogens is 4. The van der Waals surface area contributed by atoms with Gasteiger partial charge in [0.05, 0.1) is 11.7 Å². The number of amides is 2. The fourth-order valence-corrected chi connectivity index (χ4v) is 4.24. The van der Waals surface area contributed by atoms with E-state index >= 15 is 0 Å². The lowest BCUT2D eigenvalue weighted by Gasteiger charge is -2.20. The maximum atomic E-state index is 13.0. The van der Waals surface area contributed by atoms with Crippen LogP contribution in [-0.2, 0) is 18.4 Å². The molecule has 11 heteroatoms. The van der Waals surface area contributed by atoms with Crippen molar-refractivity contribution in [3.05, 3.63) is 70.1 Å². The van der Waals surface area contributed by atoms with E-state index in [0.717, 1.165) is 16.7 Å². The minimum Gasteiger partial charge on any atom is -0.482 e. The molecule has 1 aliphatic heterocycles. The standard InChI is InChI=1S/C25H24ClN7O3/c1-13-4-5-15(8-17(13)26)10-27-25(35)22-23-21(28-12-29-22)24(32-33(23)3)30-14(2)16-6-7-19-18(9-16)31-20(34)11-36-19/h4-9,12,14H,10-11H2,1-3H3,(H,27,35)(H,30,32)(H,31,34). The Balaban J connectivity index is 1.37. The number of halogens is 1. The lowest BCUT2D eigenvalue weighted by Crippen LogP contribution is -2.25. The summed E-state index contributed by atoms with van der Waals surface area (Å²) in [6, 6.07) is 11.1. The van der Waals surface area contributed by atoms with Gasteiger partial charge in [-0.05, 0) is 48.7 Å². The number of carbonyl (C=O) groups excluding carboxylic acids is 2. The van der Waals surface area contributed by atoms with Crippen molar-refractivity contribution in [2.24, 2.45) is 7.05 Å². The lowest BCUT2D eigenvalue weighted by molar-refractivity contribution is -0.118. The number of rotatable bonds is 6. The predicted molar refractivity (Wildman–Crippen MR) is 136 cm³/mol. The number of ether oxygens (including phenoxy) is 1. The van der Waals surface area contributed by atoms with Gasteiger partial charge in [-0.2, -0.15) is 5.10 Å². The Morgan fingerprint density at radius 3 is 2.89 bits per heavy atom. The number of aryl methyl sites for hydroxylation is 2. The Kier molecular flexibility index (Phi) is 6.19. The zero-order valence-corrected chi connectivity index (χ0v) is 20.7. The monoisotopic (exact) mass is 505 g/mol. The molecule has 1 unspecified atom stereocenters. The van der Waals surface area contributed by atoms with Gasteiger partial charge >= 0.3 is 0 Å². The SMILES string of the molecule is Cc1ccc(CNC(=O)c2ncnc3c(NC(C)c4ccc5c(c4)NC(=O)CO5)nn(C)c23)cc1Cl. The Morgan fingerprint density at radius 1 is 1.25 bits per heavy atom. The molecule has 2 aromatic heterocycles. The summed E-state index contributed by atoms with van der Waals surface area (Å²) < 4.78 is 7.02. The molecule has 2 aromatic carbocycles. The summed E-state index contributed by atoms with van der Waals surface area (Å²) in [6.07, 6.45) is 1.35. The summed E-state index contributed by atoms with van der Waals surface area (Å²) in [7, 11) is 1.74. The van der Waals surface area contributed by atoms with Crippen LogP contribution in [0, 0.1) is 6.92 Å². The van der Waals surface area contributed by atoms with E-state index in [0.29, 0.717) is 39.9 Å². The minimum atomic E-state index is -0.341. The van der Waals surface area contributed by atoms with E-state index < -0.39 is 0 Å². The molecule has 184 valence electrons. The molecule has 0 saturated carbocycles. The van der Waals surface area contributed by atoms with Crippen molar-refractivity contribution in [1.82, 2.24) is 25.1 Å². The third-order valence-electron chi connectivity index (χ3n) is 6.01. The van der Waals surface area contributed by atoms with Crippen molar-refractivity contribution in [2.75, 3.05) is 17.2 Å². The van der Waals surface area contributed by atoms with Crippen LogP contribution in [0.2, 0.25) is 5.02 Å². The molecule has 0 aliphatic carbocycles. The first-order valence-corrected chi connectivity index (χ1v) is 11.7. The van der Waals surface area contributed by atoms with Gasteiger partial charge in [-0.15, -0.1) is 0 Å². The highest BCUT2D eigenvalue weighted by Gasteiger charge is 2.22. The van der Waals surface area contributed by atoms with Crippen LogP contribution in [0.5, 0.6) is 5.75 Å². The second-order valence-electron chi connectivity index (χ2n) is 8.62. The first kappa shape index (κ1) is 23.6. The van der Waals surface area contributed by atoms with Crippen LogP contribution < -0.4 is 20.7 Å². The van der Waals surface area contributed by atoms with Gasteiger partial charge in [0.2, 0.25) is 0 Å². The Labute approximate surface area is 212 Å². The fraction of sp³-hybridized carbons (Fsp3) is 0.240. The van der Waals surface area contributed by atoms with E-state index in [9.17, 15) is 9.59 Å². The number of hydrogen-bond donors (Lipinski definition) is 3. The van der Waals surface area contributed by atoms with E-state index in [1.54, 1.807) is 11.7 Å². The molecule has 0 spiro atoms. The van der Waals surface area contributed by atoms with Crippen LogP contribution in [-0.4, -0.2) is 38.2 Å². The number of fused-ring (bicyclic) bond motifs is 2. The molecular weight excluding hydrogens is 482 g/mol. The Morgan fingerprint density at radius 2 is 2.08 bits per heavy atom. The van der Waals surface area contributed by atoms with Gasteiger partial charge in [-0.25, -0.2) is 9.97 Å². The van der Waals surface area contributed by atoms with E-state index in [2.05, 4.69) is 31.0 Å². The van der Waals surface area contributed by atoms with Gasteiger partial charge < -0.3 is 20.7 Å². The van der Waals surface area contributed by atoms with Crippen LogP contribution in [0.15, 0.2) is 42.7 Å². The Hall–Kier alpha value is -4.18. The number of anilines is 2. The van der Waals surface area contributed by atoms with Crippen molar-refractivity contribution in [3.8, 4) is 5.75 Å². The molecular formula is C25H24ClN7O3. The first-order chi connectivity index (χ1) is 17.3. The minimum absolute atomic E-state index is 0.00839. The average molecular weight is 506 g/mol. The molecule has 0 saturated heterocycles. The van der Waals surface area contributed by atoms with Gasteiger partial charge in [0.15, 0.2) is 18.1 Å². The highest BCUT2D eigenvalue weighted by Crippen LogP contribution is 2.32. The summed E-state index contributed by atoms with van der Waals surface area (Å²) in [5.41, 5.74) is 4.67. The van der Waals surface area contributed by atoms with Crippen molar-refractivity contribution in [2.45, 2.75) is 26.4 Å². The molecule has 5 rings (SSSR count). The smallest absolute Gasteiger partial charge is 0.272 e. The van der Waals surface area contributed by atoms with Gasteiger partial charge in [0.25, 0.3) is 11.8 Å². The summed E-state index contributed by atoms with van der Waals surface area (Å²) in [5.74, 6) is 0.612. The summed E-state index contributed by atoms with van der Waals surface area (Å²) in [6.45, 7) is 4.21. The zero-order chi connectivity index (χ0) is 25.4. The van der Waals surface area contributed by atoms with E-state index in [1.165, 1.54) is 6.33 Å². The predicted octanol–water partition coefficient (Wildman–Crippen LogP) is 3.76. The quantitative estimate of drug-likeness (QED) is 0.364. The number of carbonyl (C=O) groups is 2. The highest BCUT2D eigenvalue weighted by molar-refractivity contribution is 6.31. The largest absolute Gasteiger partial charge is 0.482 e. The number of benzene rings is 2. The normalized spacial score (nSPS) is 13.5. The van der Waals surface area contributed by atoms with Crippen molar-refractivity contribution in [3.63, 3.8) is 0 Å². The fourth-order valence-electron chi connectivity index (χ4n) is 4.04. The van der Waals surface area contributed by atoms with Crippen molar-refractivity contribution in [1.29, 1.82) is 0 Å². The van der Waals surface area contributed by atoms with Gasteiger partial charge in [0.1, 0.15) is 23.1 Å². The first-order valence-electron chi connectivity index (χ1n) is 11.3. The molecule has 3 heterocycles. The Bertz CT molecular complexity index is 1500. The number of nitrogens with zero attached hydrogens (tertiary/aromatic N) is 4. The molecule has 0 fully saturated rings. The molecule has 2 amide bonds. The van der Waals surface area contributed by atoms with E-state index in [4.69, 9.17) is 16.3 Å². The van der Waals surface area contributed by atoms with Gasteiger partial charge in [-0.3, -0.25) is 14.3 Å². The molecule has 3 N–H and O–H groups in total. The molecule has 1 aliphatic rings. The second kappa shape index (κ2) is 9.46. The third-order valence-corrected chi connectivity index (χ3v) is 6.42. The van der Waals surface area contributed by atoms with E-state index in [-0.39, 0.29) is 30.2 Å². The lowest BCUT2D eigenvalue weighted by atomic mass is 10.1. The van der Waals surface area contributed by atoms with Crippen LogP contribution in [0.4, 0.5) is 11.5 Å². The maximum absolute atomic E-state index is 13.0. The summed E-state index contributed by atoms with van der Waals surface area (Å²) >= 11 is 6.20. The van der Waals surface area contributed by atoms with Crippen LogP contribution >= 0.6 is 11.6 Å². The number of hydrogen-bond acceptors (Lipinski definition) is 7. The van der Waals surface area contributed by atoms with Crippen LogP contribution in [0.3, 0.4) is 0 Å². The van der Waals surface area contributed by atoms with Crippen molar-refractivity contribution >= 4 is 46.0 Å².